The SMILES string of the molecule is CCC(CC)(CNc1nccc2ccc(OC)cc12)SC. The maximum Gasteiger partial charge on any atom is 0.133 e. The topological polar surface area (TPSA) is 34.2 Å². The summed E-state index contributed by atoms with van der Waals surface area (Å²) < 4.78 is 5.59. The molecule has 0 atom stereocenters. The first kappa shape index (κ1) is 16.0. The highest BCUT2D eigenvalue weighted by Gasteiger charge is 2.24. The van der Waals surface area contributed by atoms with Crippen molar-refractivity contribution in [2.24, 2.45) is 0 Å². The van der Waals surface area contributed by atoms with Crippen LogP contribution in [0.5, 0.6) is 5.75 Å². The van der Waals surface area contributed by atoms with E-state index in [1.54, 1.807) is 7.11 Å². The van der Waals surface area contributed by atoms with E-state index in [0.717, 1.165) is 36.3 Å². The van der Waals surface area contributed by atoms with Crippen LogP contribution in [0.1, 0.15) is 26.7 Å². The molecule has 0 aliphatic rings. The second kappa shape index (κ2) is 7.03. The Morgan fingerprint density at radius 1 is 1.24 bits per heavy atom. The number of aromatic nitrogens is 1. The van der Waals surface area contributed by atoms with Gasteiger partial charge in [0.1, 0.15) is 11.6 Å². The van der Waals surface area contributed by atoms with Gasteiger partial charge in [0.05, 0.1) is 7.11 Å². The molecule has 1 heterocycles. The fraction of sp³-hybridized carbons (Fsp3) is 0.471. The Kier molecular flexibility index (Phi) is 5.34. The van der Waals surface area contributed by atoms with Crippen LogP contribution in [-0.4, -0.2) is 29.6 Å². The van der Waals surface area contributed by atoms with Crippen LogP contribution in [0.4, 0.5) is 5.82 Å². The Balaban J connectivity index is 2.29. The summed E-state index contributed by atoms with van der Waals surface area (Å²) in [5, 5.41) is 5.83. The van der Waals surface area contributed by atoms with Crippen molar-refractivity contribution in [3.05, 3.63) is 30.5 Å². The maximum absolute atomic E-state index is 5.33. The first-order chi connectivity index (χ1) is 10.2. The molecule has 1 N–H and O–H groups in total. The third-order valence-corrected chi connectivity index (χ3v) is 5.86. The van der Waals surface area contributed by atoms with Gasteiger partial charge in [-0.3, -0.25) is 0 Å². The first-order valence-corrected chi connectivity index (χ1v) is 8.62. The van der Waals surface area contributed by atoms with Gasteiger partial charge in [0.25, 0.3) is 0 Å². The number of ether oxygens (including phenoxy) is 1. The Labute approximate surface area is 131 Å². The zero-order chi connectivity index (χ0) is 15.3. The molecule has 3 nitrogen and oxygen atoms in total. The maximum atomic E-state index is 5.33. The Bertz CT molecular complexity index is 588. The van der Waals surface area contributed by atoms with E-state index in [1.165, 1.54) is 5.39 Å². The molecule has 0 fully saturated rings. The number of rotatable bonds is 7. The van der Waals surface area contributed by atoms with Crippen molar-refractivity contribution < 1.29 is 4.74 Å². The summed E-state index contributed by atoms with van der Waals surface area (Å²) in [7, 11) is 1.69. The fourth-order valence-electron chi connectivity index (χ4n) is 2.52. The number of anilines is 1. The number of fused-ring (bicyclic) bond motifs is 1. The summed E-state index contributed by atoms with van der Waals surface area (Å²) >= 11 is 1.93. The smallest absolute Gasteiger partial charge is 0.133 e. The van der Waals surface area contributed by atoms with E-state index < -0.39 is 0 Å². The molecule has 0 unspecified atom stereocenters. The minimum absolute atomic E-state index is 0.267. The largest absolute Gasteiger partial charge is 0.497 e. The van der Waals surface area contributed by atoms with Crippen LogP contribution in [0.3, 0.4) is 0 Å². The van der Waals surface area contributed by atoms with E-state index in [4.69, 9.17) is 4.74 Å². The first-order valence-electron chi connectivity index (χ1n) is 7.40. The van der Waals surface area contributed by atoms with Crippen LogP contribution in [0.25, 0.3) is 10.8 Å². The van der Waals surface area contributed by atoms with Crippen molar-refractivity contribution in [1.29, 1.82) is 0 Å². The quantitative estimate of drug-likeness (QED) is 0.812. The average molecular weight is 304 g/mol. The zero-order valence-electron chi connectivity index (χ0n) is 13.3. The summed E-state index contributed by atoms with van der Waals surface area (Å²) in [5.74, 6) is 1.80. The highest BCUT2D eigenvalue weighted by atomic mass is 32.2. The third kappa shape index (κ3) is 3.43. The van der Waals surface area contributed by atoms with Crippen molar-refractivity contribution in [2.45, 2.75) is 31.4 Å². The molecule has 114 valence electrons. The van der Waals surface area contributed by atoms with Crippen LogP contribution < -0.4 is 10.1 Å². The van der Waals surface area contributed by atoms with E-state index in [2.05, 4.69) is 36.5 Å². The summed E-state index contributed by atoms with van der Waals surface area (Å²) in [4.78, 5) is 4.51. The summed E-state index contributed by atoms with van der Waals surface area (Å²) in [6.45, 7) is 5.42. The lowest BCUT2D eigenvalue weighted by Crippen LogP contribution is -2.32. The number of thioether (sulfide) groups is 1. The Morgan fingerprint density at radius 3 is 2.62 bits per heavy atom. The normalized spacial score (nSPS) is 11.6. The van der Waals surface area contributed by atoms with Crippen molar-refractivity contribution in [3.63, 3.8) is 0 Å². The van der Waals surface area contributed by atoms with E-state index in [9.17, 15) is 0 Å². The second-order valence-corrected chi connectivity index (χ2v) is 6.47. The summed E-state index contributed by atoms with van der Waals surface area (Å²) in [6, 6.07) is 8.13. The molecule has 0 saturated carbocycles. The summed E-state index contributed by atoms with van der Waals surface area (Å²) in [6.07, 6.45) is 6.33. The van der Waals surface area contributed by atoms with Gasteiger partial charge >= 0.3 is 0 Å². The highest BCUT2D eigenvalue weighted by molar-refractivity contribution is 8.00. The molecule has 2 rings (SSSR count). The Hall–Kier alpha value is -1.42. The van der Waals surface area contributed by atoms with E-state index in [0.29, 0.717) is 0 Å². The van der Waals surface area contributed by atoms with Gasteiger partial charge in [-0.15, -0.1) is 0 Å². The Morgan fingerprint density at radius 2 is 2.00 bits per heavy atom. The molecule has 2 aromatic rings. The molecular formula is C17H24N2OS. The van der Waals surface area contributed by atoms with Crippen molar-refractivity contribution >= 4 is 28.4 Å². The number of benzene rings is 1. The van der Waals surface area contributed by atoms with Gasteiger partial charge in [-0.25, -0.2) is 4.98 Å². The van der Waals surface area contributed by atoms with Crippen molar-refractivity contribution in [1.82, 2.24) is 4.98 Å². The van der Waals surface area contributed by atoms with Gasteiger partial charge in [-0.1, -0.05) is 19.9 Å². The van der Waals surface area contributed by atoms with Crippen molar-refractivity contribution in [3.8, 4) is 5.75 Å². The molecule has 0 amide bonds. The van der Waals surface area contributed by atoms with Crippen LogP contribution >= 0.6 is 11.8 Å². The minimum atomic E-state index is 0.267. The predicted molar refractivity (Wildman–Crippen MR) is 93.6 cm³/mol. The van der Waals surface area contributed by atoms with Crippen LogP contribution in [0.2, 0.25) is 0 Å². The third-order valence-electron chi connectivity index (χ3n) is 4.27. The van der Waals surface area contributed by atoms with Crippen LogP contribution in [0.15, 0.2) is 30.5 Å². The monoisotopic (exact) mass is 304 g/mol. The lowest BCUT2D eigenvalue weighted by molar-refractivity contribution is 0.415. The zero-order valence-corrected chi connectivity index (χ0v) is 14.1. The second-order valence-electron chi connectivity index (χ2n) is 5.19. The number of hydrogen-bond acceptors (Lipinski definition) is 4. The van der Waals surface area contributed by atoms with Gasteiger partial charge in [-0.05, 0) is 42.7 Å². The van der Waals surface area contributed by atoms with Gasteiger partial charge in [0, 0.05) is 22.9 Å². The molecule has 0 saturated heterocycles. The molecular weight excluding hydrogens is 280 g/mol. The lowest BCUT2D eigenvalue weighted by Gasteiger charge is -2.30. The van der Waals surface area contributed by atoms with Crippen LogP contribution in [-0.2, 0) is 0 Å². The minimum Gasteiger partial charge on any atom is -0.497 e. The molecule has 1 aromatic carbocycles. The number of pyridine rings is 1. The predicted octanol–water partition coefficient (Wildman–Crippen LogP) is 4.58. The molecule has 1 aromatic heterocycles. The summed E-state index contributed by atoms with van der Waals surface area (Å²) in [5.41, 5.74) is 0. The number of methoxy groups -OCH3 is 1. The highest BCUT2D eigenvalue weighted by Crippen LogP contribution is 2.32. The lowest BCUT2D eigenvalue weighted by atomic mass is 10.0. The number of nitrogens with one attached hydrogen (secondary N) is 1. The van der Waals surface area contributed by atoms with E-state index in [-0.39, 0.29) is 4.75 Å². The van der Waals surface area contributed by atoms with Crippen molar-refractivity contribution in [2.75, 3.05) is 25.2 Å². The molecule has 0 spiro atoms. The van der Waals surface area contributed by atoms with Crippen LogP contribution in [0, 0.1) is 0 Å². The molecule has 4 heteroatoms. The van der Waals surface area contributed by atoms with E-state index in [1.807, 2.05) is 36.2 Å². The molecule has 0 bridgehead atoms. The molecule has 0 aliphatic heterocycles. The number of hydrogen-bond donors (Lipinski definition) is 1. The van der Waals surface area contributed by atoms with E-state index >= 15 is 0 Å². The standard InChI is InChI=1S/C17H24N2OS/c1-5-17(6-2,21-4)12-19-16-15-11-14(20-3)8-7-13(15)9-10-18-16/h7-11H,5-6,12H2,1-4H3,(H,18,19). The fourth-order valence-corrected chi connectivity index (χ4v) is 3.31. The molecule has 0 aliphatic carbocycles. The molecule has 0 radical (unpaired) electrons. The average Bonchev–Trinajstić information content (AvgIpc) is 2.56. The van der Waals surface area contributed by atoms with Gasteiger partial charge < -0.3 is 10.1 Å². The molecule has 21 heavy (non-hydrogen) atoms. The van der Waals surface area contributed by atoms with Gasteiger partial charge in [0.15, 0.2) is 0 Å². The number of nitrogens with zero attached hydrogens (tertiary/aromatic N) is 1. The van der Waals surface area contributed by atoms with Gasteiger partial charge in [-0.2, -0.15) is 11.8 Å². The van der Waals surface area contributed by atoms with Gasteiger partial charge in [0.2, 0.25) is 0 Å².